The molecule has 1 aromatic rings. The first kappa shape index (κ1) is 22.2. The van der Waals surface area contributed by atoms with Crippen LogP contribution in [0.2, 0.25) is 0 Å². The minimum absolute atomic E-state index is 0.0358. The quantitative estimate of drug-likeness (QED) is 0.506. The molecule has 1 saturated heterocycles. The number of nitrogen functional groups attached to an aromatic ring is 1. The molecule has 9 heteroatoms. The Morgan fingerprint density at radius 1 is 1.43 bits per heavy atom. The zero-order valence-electron chi connectivity index (χ0n) is 17.3. The number of amides is 1. The van der Waals surface area contributed by atoms with E-state index in [4.69, 9.17) is 10.5 Å². The molecular formula is C19H34N5O4+. The SMILES string of the molecule is CCCCn1c(N)c(N(CCOC)C(=O)C[NH+]2CCC[C@@H](C)C2)c(=O)[nH]c1=O. The van der Waals surface area contributed by atoms with E-state index in [0.29, 0.717) is 19.0 Å². The normalized spacial score (nSPS) is 19.5. The molecule has 1 aliphatic heterocycles. The molecule has 0 spiro atoms. The molecule has 0 bridgehead atoms. The van der Waals surface area contributed by atoms with Crippen LogP contribution in [0.5, 0.6) is 0 Å². The third-order valence-electron chi connectivity index (χ3n) is 5.30. The highest BCUT2D eigenvalue weighted by Crippen LogP contribution is 2.17. The number of nitrogens with two attached hydrogens (primary N) is 1. The highest BCUT2D eigenvalue weighted by atomic mass is 16.5. The van der Waals surface area contributed by atoms with Gasteiger partial charge < -0.3 is 15.4 Å². The van der Waals surface area contributed by atoms with Crippen molar-refractivity contribution < 1.29 is 14.4 Å². The Morgan fingerprint density at radius 2 is 2.18 bits per heavy atom. The Bertz CT molecular complexity index is 773. The molecule has 1 aromatic heterocycles. The molecular weight excluding hydrogens is 362 g/mol. The van der Waals surface area contributed by atoms with Crippen LogP contribution < -0.4 is 26.8 Å². The van der Waals surface area contributed by atoms with E-state index in [9.17, 15) is 14.4 Å². The van der Waals surface area contributed by atoms with E-state index in [1.165, 1.54) is 27.9 Å². The number of ether oxygens (including phenoxy) is 1. The van der Waals surface area contributed by atoms with Gasteiger partial charge in [-0.25, -0.2) is 4.79 Å². The Hall–Kier alpha value is -2.13. The number of nitrogens with one attached hydrogen (secondary N) is 2. The molecule has 4 N–H and O–H groups in total. The largest absolute Gasteiger partial charge is 0.383 e. The van der Waals surface area contributed by atoms with E-state index in [1.807, 2.05) is 6.92 Å². The average Bonchev–Trinajstić information content (AvgIpc) is 2.64. The lowest BCUT2D eigenvalue weighted by Crippen LogP contribution is -3.14. The van der Waals surface area contributed by atoms with E-state index in [1.54, 1.807) is 0 Å². The molecule has 0 aromatic carbocycles. The van der Waals surface area contributed by atoms with Crippen LogP contribution in [-0.4, -0.2) is 55.4 Å². The summed E-state index contributed by atoms with van der Waals surface area (Å²) in [6, 6.07) is 0. The molecule has 0 aliphatic carbocycles. The summed E-state index contributed by atoms with van der Waals surface area (Å²) in [7, 11) is 1.54. The number of aromatic amines is 1. The number of rotatable bonds is 9. The number of carbonyl (C=O) groups is 1. The van der Waals surface area contributed by atoms with Gasteiger partial charge in [0.15, 0.2) is 12.2 Å². The molecule has 1 fully saturated rings. The summed E-state index contributed by atoms with van der Waals surface area (Å²) < 4.78 is 6.46. The number of H-pyrrole nitrogens is 1. The number of likely N-dealkylation sites (tertiary alicyclic amines) is 1. The van der Waals surface area contributed by atoms with Crippen molar-refractivity contribution in [3.63, 3.8) is 0 Å². The summed E-state index contributed by atoms with van der Waals surface area (Å²) >= 11 is 0. The first-order chi connectivity index (χ1) is 13.4. The van der Waals surface area contributed by atoms with Gasteiger partial charge in [-0.2, -0.15) is 0 Å². The summed E-state index contributed by atoms with van der Waals surface area (Å²) in [6.45, 7) is 7.24. The first-order valence-electron chi connectivity index (χ1n) is 10.1. The molecule has 2 heterocycles. The summed E-state index contributed by atoms with van der Waals surface area (Å²) in [6.07, 6.45) is 3.90. The Labute approximate surface area is 165 Å². The van der Waals surface area contributed by atoms with Crippen LogP contribution >= 0.6 is 0 Å². The van der Waals surface area contributed by atoms with Gasteiger partial charge in [0.1, 0.15) is 5.82 Å². The molecule has 28 heavy (non-hydrogen) atoms. The second kappa shape index (κ2) is 10.4. The lowest BCUT2D eigenvalue weighted by Gasteiger charge is -2.30. The van der Waals surface area contributed by atoms with Crippen LogP contribution in [0.3, 0.4) is 0 Å². The number of hydrogen-bond acceptors (Lipinski definition) is 5. The second-order valence-electron chi connectivity index (χ2n) is 7.66. The summed E-state index contributed by atoms with van der Waals surface area (Å²) in [5, 5.41) is 0. The number of aromatic nitrogens is 2. The van der Waals surface area contributed by atoms with Gasteiger partial charge in [0.05, 0.1) is 19.7 Å². The van der Waals surface area contributed by atoms with Crippen molar-refractivity contribution in [2.45, 2.75) is 46.1 Å². The smallest absolute Gasteiger partial charge is 0.330 e. The highest BCUT2D eigenvalue weighted by Gasteiger charge is 2.29. The number of quaternary nitrogens is 1. The topological polar surface area (TPSA) is 115 Å². The van der Waals surface area contributed by atoms with Gasteiger partial charge in [-0.1, -0.05) is 20.3 Å². The number of piperidine rings is 1. The lowest BCUT2D eigenvalue weighted by molar-refractivity contribution is -0.900. The Morgan fingerprint density at radius 3 is 2.82 bits per heavy atom. The molecule has 0 radical (unpaired) electrons. The number of nitrogens with zero attached hydrogens (tertiary/aromatic N) is 2. The highest BCUT2D eigenvalue weighted by molar-refractivity contribution is 5.96. The van der Waals surface area contributed by atoms with E-state index >= 15 is 0 Å². The molecule has 1 amide bonds. The second-order valence-corrected chi connectivity index (χ2v) is 7.66. The van der Waals surface area contributed by atoms with Crippen LogP contribution in [0.4, 0.5) is 11.5 Å². The maximum absolute atomic E-state index is 13.1. The predicted molar refractivity (Wildman–Crippen MR) is 109 cm³/mol. The van der Waals surface area contributed by atoms with Crippen LogP contribution in [0.1, 0.15) is 39.5 Å². The van der Waals surface area contributed by atoms with E-state index in [0.717, 1.165) is 32.4 Å². The maximum atomic E-state index is 13.1. The van der Waals surface area contributed by atoms with Crippen molar-refractivity contribution in [2.24, 2.45) is 5.92 Å². The van der Waals surface area contributed by atoms with Crippen molar-refractivity contribution in [2.75, 3.05) is 50.5 Å². The minimum atomic E-state index is -0.637. The van der Waals surface area contributed by atoms with Crippen LogP contribution in [-0.2, 0) is 16.1 Å². The average molecular weight is 397 g/mol. The maximum Gasteiger partial charge on any atom is 0.330 e. The first-order valence-corrected chi connectivity index (χ1v) is 10.1. The molecule has 2 atom stereocenters. The fourth-order valence-corrected chi connectivity index (χ4v) is 3.79. The number of methoxy groups -OCH3 is 1. The monoisotopic (exact) mass is 396 g/mol. The molecule has 0 saturated carbocycles. The fraction of sp³-hybridized carbons (Fsp3) is 0.737. The third kappa shape index (κ3) is 5.45. The third-order valence-corrected chi connectivity index (χ3v) is 5.30. The van der Waals surface area contributed by atoms with Gasteiger partial charge in [0, 0.05) is 26.1 Å². The lowest BCUT2D eigenvalue weighted by atomic mass is 10.0. The number of anilines is 2. The van der Waals surface area contributed by atoms with E-state index in [-0.39, 0.29) is 30.6 Å². The summed E-state index contributed by atoms with van der Waals surface area (Å²) in [4.78, 5) is 42.7. The standard InChI is InChI=1S/C19H33N5O4/c1-4-5-9-24-17(20)16(18(26)21-19(24)27)23(10-11-28-3)15(25)13-22-8-6-7-14(2)12-22/h14H,4-13,20H2,1-3H3,(H,21,26,27)/p+1/t14-/m1/s1. The summed E-state index contributed by atoms with van der Waals surface area (Å²) in [5.74, 6) is 0.432. The Kier molecular flexibility index (Phi) is 8.25. The zero-order valence-corrected chi connectivity index (χ0v) is 17.3. The van der Waals surface area contributed by atoms with Gasteiger partial charge in [-0.15, -0.1) is 0 Å². The van der Waals surface area contributed by atoms with Crippen molar-refractivity contribution >= 4 is 17.4 Å². The number of hydrogen-bond donors (Lipinski definition) is 3. The molecule has 1 aliphatic rings. The molecule has 1 unspecified atom stereocenters. The van der Waals surface area contributed by atoms with E-state index < -0.39 is 11.2 Å². The molecule has 9 nitrogen and oxygen atoms in total. The van der Waals surface area contributed by atoms with Crippen LogP contribution in [0.25, 0.3) is 0 Å². The predicted octanol–water partition coefficient (Wildman–Crippen LogP) is -0.787. The van der Waals surface area contributed by atoms with Gasteiger partial charge in [-0.05, 0) is 19.3 Å². The fourth-order valence-electron chi connectivity index (χ4n) is 3.79. The van der Waals surface area contributed by atoms with Crippen LogP contribution in [0.15, 0.2) is 9.59 Å². The molecule has 2 rings (SSSR count). The van der Waals surface area contributed by atoms with Crippen molar-refractivity contribution in [1.82, 2.24) is 9.55 Å². The molecule has 158 valence electrons. The van der Waals surface area contributed by atoms with Crippen LogP contribution in [0, 0.1) is 5.92 Å². The minimum Gasteiger partial charge on any atom is -0.383 e. The van der Waals surface area contributed by atoms with Gasteiger partial charge in [0.25, 0.3) is 11.5 Å². The van der Waals surface area contributed by atoms with Gasteiger partial charge in [-0.3, -0.25) is 24.0 Å². The summed E-state index contributed by atoms with van der Waals surface area (Å²) in [5.41, 5.74) is 5.05. The number of carbonyl (C=O) groups excluding carboxylic acids is 1. The van der Waals surface area contributed by atoms with Gasteiger partial charge in [0.2, 0.25) is 0 Å². The van der Waals surface area contributed by atoms with E-state index in [2.05, 4.69) is 11.9 Å². The zero-order chi connectivity index (χ0) is 20.7. The number of unbranched alkanes of at least 4 members (excludes halogenated alkanes) is 1. The Balaban J connectivity index is 2.34. The van der Waals surface area contributed by atoms with Crippen molar-refractivity contribution in [3.8, 4) is 0 Å². The van der Waals surface area contributed by atoms with Crippen molar-refractivity contribution in [3.05, 3.63) is 20.8 Å². The van der Waals surface area contributed by atoms with Crippen molar-refractivity contribution in [1.29, 1.82) is 0 Å². The van der Waals surface area contributed by atoms with Gasteiger partial charge >= 0.3 is 5.69 Å².